The lowest BCUT2D eigenvalue weighted by Gasteiger charge is -2.14. The first-order valence-electron chi connectivity index (χ1n) is 4.66. The number of nitrogens with one attached hydrogen (secondary N) is 1. The number of thiocarbonyl (C=S) groups is 1. The van der Waals surface area contributed by atoms with Gasteiger partial charge in [-0.1, -0.05) is 26.1 Å². The molecule has 1 rings (SSSR count). The van der Waals surface area contributed by atoms with Crippen LogP contribution >= 0.6 is 12.2 Å². The number of amides is 1. The largest absolute Gasteiger partial charge is 0.392 e. The van der Waals surface area contributed by atoms with Gasteiger partial charge in [-0.15, -0.1) is 0 Å². The van der Waals surface area contributed by atoms with E-state index in [2.05, 4.69) is 12.2 Å². The Hall–Kier alpha value is -0.640. The summed E-state index contributed by atoms with van der Waals surface area (Å²) in [6.07, 6.45) is 1.77. The second-order valence-electron chi connectivity index (χ2n) is 3.69. The van der Waals surface area contributed by atoms with E-state index >= 15 is 0 Å². The highest BCUT2D eigenvalue weighted by Crippen LogP contribution is 2.37. The molecular formula is C9H16N2OS. The Kier molecular flexibility index (Phi) is 3.25. The molecule has 1 fully saturated rings. The third-order valence-corrected chi connectivity index (χ3v) is 2.80. The minimum atomic E-state index is -0.129. The van der Waals surface area contributed by atoms with Crippen LogP contribution in [0.4, 0.5) is 0 Å². The van der Waals surface area contributed by atoms with Crippen molar-refractivity contribution in [3.8, 4) is 0 Å². The standard InChI is InChI=1S/C9H16N2OS/c1-3-7(8(10)13)11-9(12)6-4-5(6)2/h5-7H,3-4H2,1-2H3,(H2,10,13)(H,11,12). The molecule has 3 N–H and O–H groups in total. The Labute approximate surface area is 84.1 Å². The van der Waals surface area contributed by atoms with Crippen LogP contribution in [-0.2, 0) is 4.79 Å². The van der Waals surface area contributed by atoms with Crippen LogP contribution in [0.5, 0.6) is 0 Å². The van der Waals surface area contributed by atoms with Crippen molar-refractivity contribution >= 4 is 23.1 Å². The zero-order valence-corrected chi connectivity index (χ0v) is 8.86. The van der Waals surface area contributed by atoms with Crippen LogP contribution in [0.25, 0.3) is 0 Å². The van der Waals surface area contributed by atoms with Gasteiger partial charge in [0.05, 0.1) is 11.0 Å². The van der Waals surface area contributed by atoms with Crippen LogP contribution < -0.4 is 11.1 Å². The summed E-state index contributed by atoms with van der Waals surface area (Å²) < 4.78 is 0. The molecule has 3 unspecified atom stereocenters. The van der Waals surface area contributed by atoms with Crippen molar-refractivity contribution in [1.82, 2.24) is 5.32 Å². The average molecular weight is 200 g/mol. The maximum absolute atomic E-state index is 11.5. The van der Waals surface area contributed by atoms with E-state index < -0.39 is 0 Å². The second-order valence-corrected chi connectivity index (χ2v) is 4.16. The van der Waals surface area contributed by atoms with E-state index in [1.54, 1.807) is 0 Å². The highest BCUT2D eigenvalue weighted by Gasteiger charge is 2.39. The van der Waals surface area contributed by atoms with Crippen LogP contribution in [0.1, 0.15) is 26.7 Å². The minimum absolute atomic E-state index is 0.104. The van der Waals surface area contributed by atoms with Crippen LogP contribution in [0.2, 0.25) is 0 Å². The normalized spacial score (nSPS) is 27.8. The molecule has 1 saturated carbocycles. The van der Waals surface area contributed by atoms with E-state index in [9.17, 15) is 4.79 Å². The minimum Gasteiger partial charge on any atom is -0.392 e. The summed E-state index contributed by atoms with van der Waals surface area (Å²) in [5.74, 6) is 0.833. The van der Waals surface area contributed by atoms with E-state index in [0.29, 0.717) is 10.9 Å². The Balaban J connectivity index is 2.38. The fourth-order valence-electron chi connectivity index (χ4n) is 1.34. The van der Waals surface area contributed by atoms with Gasteiger partial charge in [0.1, 0.15) is 0 Å². The van der Waals surface area contributed by atoms with Gasteiger partial charge >= 0.3 is 0 Å². The lowest BCUT2D eigenvalue weighted by Crippen LogP contribution is -2.43. The van der Waals surface area contributed by atoms with E-state index in [0.717, 1.165) is 12.8 Å². The number of hydrogen-bond acceptors (Lipinski definition) is 2. The molecule has 0 aromatic carbocycles. The molecule has 0 spiro atoms. The zero-order chi connectivity index (χ0) is 10.0. The Morgan fingerprint density at radius 2 is 2.31 bits per heavy atom. The summed E-state index contributed by atoms with van der Waals surface area (Å²) in [6.45, 7) is 4.03. The van der Waals surface area contributed by atoms with Crippen LogP contribution in [0.15, 0.2) is 0 Å². The molecular weight excluding hydrogens is 184 g/mol. The summed E-state index contributed by atoms with van der Waals surface area (Å²) in [4.78, 5) is 11.8. The van der Waals surface area contributed by atoms with Gasteiger partial charge in [-0.2, -0.15) is 0 Å². The van der Waals surface area contributed by atoms with Gasteiger partial charge < -0.3 is 11.1 Å². The summed E-state index contributed by atoms with van der Waals surface area (Å²) in [5, 5.41) is 2.85. The molecule has 0 radical (unpaired) electrons. The Morgan fingerprint density at radius 3 is 2.62 bits per heavy atom. The van der Waals surface area contributed by atoms with E-state index in [4.69, 9.17) is 18.0 Å². The van der Waals surface area contributed by atoms with Gasteiger partial charge in [-0.3, -0.25) is 4.79 Å². The van der Waals surface area contributed by atoms with Crippen molar-refractivity contribution in [1.29, 1.82) is 0 Å². The number of nitrogens with two attached hydrogens (primary N) is 1. The SMILES string of the molecule is CCC(NC(=O)C1CC1C)C(N)=S. The van der Waals surface area contributed by atoms with Crippen molar-refractivity contribution in [3.63, 3.8) is 0 Å². The lowest BCUT2D eigenvalue weighted by atomic mass is 10.2. The molecule has 3 nitrogen and oxygen atoms in total. The molecule has 1 aliphatic carbocycles. The van der Waals surface area contributed by atoms with E-state index in [1.165, 1.54) is 0 Å². The summed E-state index contributed by atoms with van der Waals surface area (Å²) >= 11 is 4.83. The molecule has 0 bridgehead atoms. The first-order chi connectivity index (χ1) is 6.06. The van der Waals surface area contributed by atoms with Crippen molar-refractivity contribution in [2.75, 3.05) is 0 Å². The fraction of sp³-hybridized carbons (Fsp3) is 0.778. The van der Waals surface area contributed by atoms with Gasteiger partial charge in [0.2, 0.25) is 5.91 Å². The first-order valence-corrected chi connectivity index (χ1v) is 5.06. The van der Waals surface area contributed by atoms with Crippen molar-refractivity contribution < 1.29 is 4.79 Å². The highest BCUT2D eigenvalue weighted by atomic mass is 32.1. The molecule has 4 heteroatoms. The quantitative estimate of drug-likeness (QED) is 0.661. The molecule has 3 atom stereocenters. The lowest BCUT2D eigenvalue weighted by molar-refractivity contribution is -0.122. The molecule has 13 heavy (non-hydrogen) atoms. The average Bonchev–Trinajstić information content (AvgIpc) is 2.77. The van der Waals surface area contributed by atoms with Crippen molar-refractivity contribution in [3.05, 3.63) is 0 Å². The zero-order valence-electron chi connectivity index (χ0n) is 8.04. The highest BCUT2D eigenvalue weighted by molar-refractivity contribution is 7.80. The van der Waals surface area contributed by atoms with Crippen LogP contribution in [0.3, 0.4) is 0 Å². The third-order valence-electron chi connectivity index (χ3n) is 2.51. The van der Waals surface area contributed by atoms with Gasteiger partial charge in [0.15, 0.2) is 0 Å². The molecule has 0 saturated heterocycles. The van der Waals surface area contributed by atoms with Gasteiger partial charge in [-0.25, -0.2) is 0 Å². The molecule has 0 aromatic rings. The molecule has 1 amide bonds. The summed E-state index contributed by atoms with van der Waals surface area (Å²) in [5.41, 5.74) is 5.47. The number of rotatable bonds is 4. The van der Waals surface area contributed by atoms with Gasteiger partial charge in [-0.05, 0) is 18.8 Å². The maximum atomic E-state index is 11.5. The van der Waals surface area contributed by atoms with Gasteiger partial charge in [0, 0.05) is 5.92 Å². The predicted molar refractivity (Wildman–Crippen MR) is 56.3 cm³/mol. The van der Waals surface area contributed by atoms with Crippen molar-refractivity contribution in [2.24, 2.45) is 17.6 Å². The fourth-order valence-corrected chi connectivity index (χ4v) is 1.57. The monoisotopic (exact) mass is 200 g/mol. The number of carbonyl (C=O) groups is 1. The third kappa shape index (κ3) is 2.66. The number of carbonyl (C=O) groups excluding carboxylic acids is 1. The van der Waals surface area contributed by atoms with Crippen molar-refractivity contribution in [2.45, 2.75) is 32.7 Å². The predicted octanol–water partition coefficient (Wildman–Crippen LogP) is 0.823. The summed E-state index contributed by atoms with van der Waals surface area (Å²) in [6, 6.07) is -0.129. The topological polar surface area (TPSA) is 55.1 Å². The Bertz CT molecular complexity index is 230. The Morgan fingerprint density at radius 1 is 1.77 bits per heavy atom. The van der Waals surface area contributed by atoms with Gasteiger partial charge in [0.25, 0.3) is 0 Å². The van der Waals surface area contributed by atoms with E-state index in [-0.39, 0.29) is 17.9 Å². The second kappa shape index (κ2) is 4.05. The van der Waals surface area contributed by atoms with Crippen LogP contribution in [0, 0.1) is 11.8 Å². The number of hydrogen-bond donors (Lipinski definition) is 2. The molecule has 0 heterocycles. The maximum Gasteiger partial charge on any atom is 0.223 e. The molecule has 1 aliphatic rings. The molecule has 0 aromatic heterocycles. The molecule has 74 valence electrons. The van der Waals surface area contributed by atoms with E-state index in [1.807, 2.05) is 6.92 Å². The molecule has 0 aliphatic heterocycles. The summed E-state index contributed by atoms with van der Waals surface area (Å²) in [7, 11) is 0. The first kappa shape index (κ1) is 10.4. The smallest absolute Gasteiger partial charge is 0.223 e. The van der Waals surface area contributed by atoms with Crippen LogP contribution in [-0.4, -0.2) is 16.9 Å².